The zero-order valence-corrected chi connectivity index (χ0v) is 12.4. The van der Waals surface area contributed by atoms with Gasteiger partial charge in [-0.05, 0) is 12.8 Å². The van der Waals surface area contributed by atoms with Gasteiger partial charge in [0, 0.05) is 12.8 Å². The molecule has 24 heavy (non-hydrogen) atoms. The molecule has 0 amide bonds. The molecule has 0 unspecified atom stereocenters. The maximum atomic E-state index is 11.5. The molecule has 0 aromatic rings. The molecule has 126 valence electrons. The van der Waals surface area contributed by atoms with E-state index in [2.05, 4.69) is 0 Å². The number of ketones is 9. The highest BCUT2D eigenvalue weighted by atomic mass is 16.2. The molecule has 0 spiro atoms. The summed E-state index contributed by atoms with van der Waals surface area (Å²) in [6.07, 6.45) is 0.500. The Bertz CT molecular complexity index is 638. The van der Waals surface area contributed by atoms with Crippen LogP contribution in [-0.4, -0.2) is 52.0 Å². The Balaban J connectivity index is 3.11. The second-order valence-electron chi connectivity index (χ2n) is 5.06. The molecule has 0 N–H and O–H groups in total. The molecule has 0 atom stereocenters. The zero-order chi connectivity index (χ0) is 18.4. The average molecular weight is 336 g/mol. The summed E-state index contributed by atoms with van der Waals surface area (Å²) < 4.78 is 0. The van der Waals surface area contributed by atoms with Crippen LogP contribution in [0.25, 0.3) is 0 Å². The van der Waals surface area contributed by atoms with Crippen molar-refractivity contribution in [1.29, 1.82) is 0 Å². The predicted molar refractivity (Wildman–Crippen MR) is 72.8 cm³/mol. The Morgan fingerprint density at radius 1 is 0.333 bits per heavy atom. The highest BCUT2D eigenvalue weighted by Crippen LogP contribution is 2.08. The van der Waals surface area contributed by atoms with Gasteiger partial charge in [-0.3, -0.25) is 43.2 Å². The largest absolute Gasteiger partial charge is 0.290 e. The molecular weight excluding hydrogens is 324 g/mol. The van der Waals surface area contributed by atoms with E-state index >= 15 is 0 Å². The quantitative estimate of drug-likeness (QED) is 0.479. The van der Waals surface area contributed by atoms with Gasteiger partial charge in [-0.2, -0.15) is 0 Å². The minimum Gasteiger partial charge on any atom is -0.290 e. The number of carbonyl (C=O) groups is 9. The number of rotatable bonds is 0. The molecular formula is C15H12O9. The third-order valence-electron chi connectivity index (χ3n) is 3.30. The van der Waals surface area contributed by atoms with Gasteiger partial charge in [0.05, 0.1) is 0 Å². The molecule has 0 aromatic heterocycles. The van der Waals surface area contributed by atoms with Crippen LogP contribution in [-0.2, 0) is 43.2 Å². The van der Waals surface area contributed by atoms with Crippen molar-refractivity contribution in [3.05, 3.63) is 0 Å². The van der Waals surface area contributed by atoms with Crippen LogP contribution in [0.5, 0.6) is 0 Å². The van der Waals surface area contributed by atoms with E-state index in [1.165, 1.54) is 0 Å². The standard InChI is InChI=1S/C15H12O9/c16-7-5-3-1-2-4-6-8(17)10(19)12(21)14(23)15(24)13(22)11(20)9(7)18/h1-6H2. The monoisotopic (exact) mass is 336 g/mol. The lowest BCUT2D eigenvalue weighted by Crippen LogP contribution is -2.42. The Morgan fingerprint density at radius 2 is 0.583 bits per heavy atom. The highest BCUT2D eigenvalue weighted by molar-refractivity contribution is 7.00. The van der Waals surface area contributed by atoms with E-state index in [0.29, 0.717) is 12.8 Å². The lowest BCUT2D eigenvalue weighted by atomic mass is 9.98. The molecule has 9 nitrogen and oxygen atoms in total. The number of hydrogen-bond acceptors (Lipinski definition) is 9. The second-order valence-corrected chi connectivity index (χ2v) is 5.06. The van der Waals surface area contributed by atoms with Gasteiger partial charge in [-0.1, -0.05) is 12.8 Å². The van der Waals surface area contributed by atoms with Crippen molar-refractivity contribution in [2.75, 3.05) is 0 Å². The van der Waals surface area contributed by atoms with Crippen molar-refractivity contribution < 1.29 is 43.2 Å². The van der Waals surface area contributed by atoms with E-state index in [4.69, 9.17) is 0 Å². The van der Waals surface area contributed by atoms with Gasteiger partial charge in [-0.25, -0.2) is 0 Å². The molecule has 1 aliphatic carbocycles. The fourth-order valence-electron chi connectivity index (χ4n) is 1.92. The highest BCUT2D eigenvalue weighted by Gasteiger charge is 2.41. The summed E-state index contributed by atoms with van der Waals surface area (Å²) in [4.78, 5) is 103. The minimum absolute atomic E-state index is 0.194. The summed E-state index contributed by atoms with van der Waals surface area (Å²) in [5, 5.41) is 0. The predicted octanol–water partition coefficient (Wildman–Crippen LogP) is -1.54. The summed E-state index contributed by atoms with van der Waals surface area (Å²) in [6, 6.07) is 0. The van der Waals surface area contributed by atoms with Crippen molar-refractivity contribution >= 4 is 52.0 Å². The van der Waals surface area contributed by atoms with Crippen molar-refractivity contribution in [3.63, 3.8) is 0 Å². The first-order chi connectivity index (χ1) is 11.2. The van der Waals surface area contributed by atoms with E-state index in [1.54, 1.807) is 0 Å². The van der Waals surface area contributed by atoms with Gasteiger partial charge in [0.1, 0.15) is 0 Å². The topological polar surface area (TPSA) is 154 Å². The van der Waals surface area contributed by atoms with Crippen LogP contribution in [0.2, 0.25) is 0 Å². The fraction of sp³-hybridized carbons (Fsp3) is 0.400. The number of carbonyl (C=O) groups excluding carboxylic acids is 9. The Labute approximate surface area is 134 Å². The van der Waals surface area contributed by atoms with Gasteiger partial charge in [0.15, 0.2) is 0 Å². The zero-order valence-electron chi connectivity index (χ0n) is 12.4. The summed E-state index contributed by atoms with van der Waals surface area (Å²) in [7, 11) is 0. The first kappa shape index (κ1) is 19.1. The van der Waals surface area contributed by atoms with E-state index < -0.39 is 52.0 Å². The van der Waals surface area contributed by atoms with E-state index in [0.717, 1.165) is 0 Å². The molecule has 0 heterocycles. The minimum atomic E-state index is -2.22. The molecule has 1 aliphatic rings. The summed E-state index contributed by atoms with van der Waals surface area (Å²) in [6.45, 7) is 0. The molecule has 0 bridgehead atoms. The second kappa shape index (κ2) is 8.04. The number of Topliss-reactive ketones (excluding diaryl/α,β-unsaturated/α-hetero) is 9. The van der Waals surface area contributed by atoms with Crippen LogP contribution >= 0.6 is 0 Å². The lowest BCUT2D eigenvalue weighted by Gasteiger charge is -1.99. The lowest BCUT2D eigenvalue weighted by molar-refractivity contribution is -0.155. The van der Waals surface area contributed by atoms with Crippen LogP contribution < -0.4 is 0 Å². The van der Waals surface area contributed by atoms with Crippen LogP contribution in [0.15, 0.2) is 0 Å². The number of hydrogen-bond donors (Lipinski definition) is 0. The van der Waals surface area contributed by atoms with Crippen molar-refractivity contribution in [2.45, 2.75) is 38.5 Å². The maximum absolute atomic E-state index is 11.5. The first-order valence-electron chi connectivity index (χ1n) is 7.04. The van der Waals surface area contributed by atoms with E-state index in [-0.39, 0.29) is 25.7 Å². The summed E-state index contributed by atoms with van der Waals surface area (Å²) in [5.74, 6) is -16.6. The molecule has 9 heteroatoms. The van der Waals surface area contributed by atoms with Gasteiger partial charge in [0.2, 0.25) is 11.6 Å². The Kier molecular flexibility index (Phi) is 6.39. The van der Waals surface area contributed by atoms with Gasteiger partial charge >= 0.3 is 0 Å². The van der Waals surface area contributed by atoms with Crippen LogP contribution in [0.3, 0.4) is 0 Å². The van der Waals surface area contributed by atoms with Gasteiger partial charge in [0.25, 0.3) is 40.5 Å². The van der Waals surface area contributed by atoms with Gasteiger partial charge < -0.3 is 0 Å². The first-order valence-corrected chi connectivity index (χ1v) is 7.04. The SMILES string of the molecule is O=C1CCCCCCC(=O)C(=O)C(=O)C(=O)C(=O)C(=O)C(=O)C1=O. The summed E-state index contributed by atoms with van der Waals surface area (Å²) >= 11 is 0. The molecule has 0 aromatic carbocycles. The van der Waals surface area contributed by atoms with Crippen molar-refractivity contribution in [2.24, 2.45) is 0 Å². The van der Waals surface area contributed by atoms with Crippen LogP contribution in [0.4, 0.5) is 0 Å². The van der Waals surface area contributed by atoms with E-state index in [9.17, 15) is 43.2 Å². The van der Waals surface area contributed by atoms with Crippen LogP contribution in [0.1, 0.15) is 38.5 Å². The average Bonchev–Trinajstić information content (AvgIpc) is 2.58. The molecule has 1 fully saturated rings. The third-order valence-corrected chi connectivity index (χ3v) is 3.30. The third kappa shape index (κ3) is 4.28. The molecule has 0 aliphatic heterocycles. The van der Waals surface area contributed by atoms with Gasteiger partial charge in [-0.15, -0.1) is 0 Å². The molecule has 0 saturated heterocycles. The van der Waals surface area contributed by atoms with E-state index in [1.807, 2.05) is 0 Å². The smallest absolute Gasteiger partial charge is 0.281 e. The fourth-order valence-corrected chi connectivity index (χ4v) is 1.92. The molecule has 0 radical (unpaired) electrons. The summed E-state index contributed by atoms with van der Waals surface area (Å²) in [5.41, 5.74) is 0. The maximum Gasteiger partial charge on any atom is 0.281 e. The van der Waals surface area contributed by atoms with Crippen molar-refractivity contribution in [3.8, 4) is 0 Å². The molecule has 1 rings (SSSR count). The van der Waals surface area contributed by atoms with Crippen LogP contribution in [0, 0.1) is 0 Å². The van der Waals surface area contributed by atoms with Crippen molar-refractivity contribution in [1.82, 2.24) is 0 Å². The Hall–Kier alpha value is -2.97. The Morgan fingerprint density at radius 3 is 0.875 bits per heavy atom. The molecule has 1 saturated carbocycles. The normalized spacial score (nSPS) is 20.2.